The maximum Gasteiger partial charge on any atom is 1.00 e. The number of hydrogen-bond acceptors (Lipinski definition) is 3. The van der Waals surface area contributed by atoms with Gasteiger partial charge in [0.2, 0.25) is 6.17 Å². The van der Waals surface area contributed by atoms with E-state index >= 15 is 0 Å². The van der Waals surface area contributed by atoms with Crippen LogP contribution in [0.1, 0.15) is 0 Å². The van der Waals surface area contributed by atoms with E-state index < -0.39 is 82.5 Å². The smallest absolute Gasteiger partial charge is 0.746 e. The minimum absolute atomic E-state index is 0. The van der Waals surface area contributed by atoms with Gasteiger partial charge in [-0.15, -0.1) is 0 Å². The van der Waals surface area contributed by atoms with Crippen LogP contribution in [0.4, 0.5) is 79.0 Å². The molecule has 0 aromatic carbocycles. The predicted octanol–water partition coefficient (Wildman–Crippen LogP) is 1.96. The average Bonchev–Trinajstić information content (AvgIpc) is 2.68. The van der Waals surface area contributed by atoms with Gasteiger partial charge in [-0.25, -0.2) is 43.5 Å². The van der Waals surface area contributed by atoms with Crippen LogP contribution in [0.2, 0.25) is 0 Å². The molecule has 0 amide bonds. The fraction of sp³-hybridized carbons (Fsp3) is 1.00. The second kappa shape index (κ2) is 11.2. The maximum absolute atomic E-state index is 13.5. The van der Waals surface area contributed by atoms with Crippen molar-refractivity contribution in [3.63, 3.8) is 0 Å². The number of hydrogen-bond donors (Lipinski definition) is 0. The summed E-state index contributed by atoms with van der Waals surface area (Å²) in [5.41, 5.74) is -6.00. The molecule has 0 spiro atoms. The maximum atomic E-state index is 13.5. The Hall–Kier alpha value is -0.350. The van der Waals surface area contributed by atoms with Gasteiger partial charge < -0.3 is 4.55 Å². The molecule has 0 N–H and O–H groups in total. The van der Waals surface area contributed by atoms with Gasteiger partial charge >= 0.3 is 59.2 Å². The molecule has 0 fully saturated rings. The Kier molecular flexibility index (Phi) is 11.8. The van der Waals surface area contributed by atoms with Crippen molar-refractivity contribution in [2.24, 2.45) is 0 Å². The molecule has 0 heterocycles. The Labute approximate surface area is 204 Å². The van der Waals surface area contributed by atoms with Crippen molar-refractivity contribution >= 4 is 10.1 Å². The molecule has 206 valence electrons. The van der Waals surface area contributed by atoms with Crippen molar-refractivity contribution in [2.75, 3.05) is 0 Å². The third kappa shape index (κ3) is 6.21. The van der Waals surface area contributed by atoms with Crippen molar-refractivity contribution < 1.29 is 122 Å². The van der Waals surface area contributed by atoms with E-state index in [1.54, 1.807) is 0 Å². The topological polar surface area (TPSA) is 57.2 Å². The van der Waals surface area contributed by atoms with Crippen molar-refractivity contribution in [1.29, 1.82) is 0 Å². The van der Waals surface area contributed by atoms with Gasteiger partial charge in [0, 0.05) is 0 Å². The molecule has 0 aromatic rings. The molecule has 23 heteroatoms. The Balaban J connectivity index is 0. The number of rotatable bonds is 12. The molecule has 3 nitrogen and oxygen atoms in total. The predicted molar refractivity (Wildman–Crippen MR) is 69.8 cm³/mol. The summed E-state index contributed by atoms with van der Waals surface area (Å²) in [6.45, 7) is 0. The van der Waals surface area contributed by atoms with Crippen LogP contribution in [0.5, 0.6) is 0 Å². The monoisotopic (exact) mass is 596 g/mol. The quantitative estimate of drug-likeness (QED) is 0.197. The minimum atomic E-state index is -8.49. The Bertz CT molecular complexity index is 807. The zero-order valence-corrected chi connectivity index (χ0v) is 18.8. The molecule has 6 atom stereocenters. The summed E-state index contributed by atoms with van der Waals surface area (Å²) in [5.74, 6) is -40.7. The first-order valence-corrected chi connectivity index (χ1v) is 9.09. The van der Waals surface area contributed by atoms with Crippen LogP contribution in [-0.2, 0) is 10.1 Å². The Morgan fingerprint density at radius 1 is 0.514 bits per heavy atom. The molecular weight excluding hydrogens is 589 g/mol. The first-order valence-electron chi connectivity index (χ1n) is 7.62. The van der Waals surface area contributed by atoms with Gasteiger partial charge in [-0.2, -0.15) is 43.9 Å². The second-order valence-electron chi connectivity index (χ2n) is 6.29. The van der Waals surface area contributed by atoms with Gasteiger partial charge in [0.25, 0.3) is 11.9 Å². The van der Waals surface area contributed by atoms with E-state index in [0.29, 0.717) is 0 Å². The first kappa shape index (κ1) is 36.8. The van der Waals surface area contributed by atoms with E-state index in [-0.39, 0.29) is 29.6 Å². The number of halogens is 18. The van der Waals surface area contributed by atoms with Gasteiger partial charge in [0.05, 0.1) is 0 Å². The Morgan fingerprint density at radius 3 is 1.14 bits per heavy atom. The molecule has 0 aromatic heterocycles. The van der Waals surface area contributed by atoms with Gasteiger partial charge in [-0.05, 0) is 0 Å². The molecule has 6 unspecified atom stereocenters. The van der Waals surface area contributed by atoms with Crippen molar-refractivity contribution in [1.82, 2.24) is 0 Å². The summed E-state index contributed by atoms with van der Waals surface area (Å²) in [6.07, 6.45) is -29.9. The number of alkyl halides is 18. The van der Waals surface area contributed by atoms with Gasteiger partial charge in [0.1, 0.15) is 10.1 Å². The fourth-order valence-electron chi connectivity index (χ4n) is 1.96. The molecule has 0 bridgehead atoms. The van der Waals surface area contributed by atoms with Crippen molar-refractivity contribution in [2.45, 2.75) is 72.4 Å². The summed E-state index contributed by atoms with van der Waals surface area (Å²) >= 11 is 0. The largest absolute Gasteiger partial charge is 1.00 e. The van der Waals surface area contributed by atoms with E-state index in [9.17, 15) is 92.0 Å². The normalized spacial score (nSPS) is 20.0. The van der Waals surface area contributed by atoms with Crippen LogP contribution in [0.3, 0.4) is 0 Å². The zero-order chi connectivity index (χ0) is 28.0. The Morgan fingerprint density at radius 2 is 0.829 bits per heavy atom. The molecule has 0 aliphatic carbocycles. The summed E-state index contributed by atoms with van der Waals surface area (Å²) in [5, 5.41) is 0. The summed E-state index contributed by atoms with van der Waals surface area (Å²) < 4.78 is 265. The molecular formula is C12H7F18NaO3S. The summed E-state index contributed by atoms with van der Waals surface area (Å²) in [6, 6.07) is 0. The third-order valence-electron chi connectivity index (χ3n) is 3.94. The summed E-state index contributed by atoms with van der Waals surface area (Å²) in [7, 11) is -7.39. The zero-order valence-electron chi connectivity index (χ0n) is 16.0. The van der Waals surface area contributed by atoms with E-state index in [0.717, 1.165) is 0 Å². The van der Waals surface area contributed by atoms with E-state index in [4.69, 9.17) is 0 Å². The minimum Gasteiger partial charge on any atom is -0.746 e. The summed E-state index contributed by atoms with van der Waals surface area (Å²) in [4.78, 5) is 0. The fourth-order valence-corrected chi connectivity index (χ4v) is 2.47. The SMILES string of the molecule is O=S(=O)([O-])C(F)C(F)(F)C(F)(F)C(F)(F)C(F)(F)C(F)(F)C(F)C(F)C(F)C(F)C(F)C(F)F.[Na+]. The third-order valence-corrected chi connectivity index (χ3v) is 4.75. The standard InChI is InChI=1S/C12H8F18O3S.Na/c13-1(2(14)4(16)6(18)19)3(15)5(17)8(21,22)10(25,26)12(29,30)11(27,28)9(23,24)7(20)34(31,32)33;/h1-7H,(H,31,32,33);/q;+1/p-1. The molecule has 0 saturated heterocycles. The molecule has 35 heavy (non-hydrogen) atoms. The van der Waals surface area contributed by atoms with E-state index in [1.165, 1.54) is 0 Å². The second-order valence-corrected chi connectivity index (χ2v) is 7.69. The molecule has 0 aliphatic rings. The van der Waals surface area contributed by atoms with Crippen LogP contribution in [-0.4, -0.2) is 85.4 Å². The molecule has 0 saturated carbocycles. The van der Waals surface area contributed by atoms with Crippen LogP contribution >= 0.6 is 0 Å². The first-order chi connectivity index (χ1) is 14.7. The van der Waals surface area contributed by atoms with Gasteiger partial charge in [-0.1, -0.05) is 0 Å². The van der Waals surface area contributed by atoms with Crippen LogP contribution < -0.4 is 29.6 Å². The van der Waals surface area contributed by atoms with E-state index in [1.807, 2.05) is 0 Å². The molecule has 0 radical (unpaired) electrons. The molecule has 0 aliphatic heterocycles. The van der Waals surface area contributed by atoms with Crippen LogP contribution in [0, 0.1) is 0 Å². The van der Waals surface area contributed by atoms with Gasteiger partial charge in [-0.3, -0.25) is 0 Å². The van der Waals surface area contributed by atoms with Gasteiger partial charge in [0.15, 0.2) is 24.7 Å². The van der Waals surface area contributed by atoms with E-state index in [2.05, 4.69) is 0 Å². The van der Waals surface area contributed by atoms with Crippen LogP contribution in [0.15, 0.2) is 0 Å². The van der Waals surface area contributed by atoms with Crippen LogP contribution in [0.25, 0.3) is 0 Å². The van der Waals surface area contributed by atoms with Crippen molar-refractivity contribution in [3.05, 3.63) is 0 Å². The molecule has 0 rings (SSSR count). The average molecular weight is 596 g/mol. The van der Waals surface area contributed by atoms with Crippen molar-refractivity contribution in [3.8, 4) is 0 Å².